The molecule has 0 aliphatic carbocycles. The molecule has 0 bridgehead atoms. The van der Waals surface area contributed by atoms with Crippen molar-refractivity contribution < 1.29 is 9.59 Å². The molecule has 1 aromatic carbocycles. The SMILES string of the molecule is CN(CCc1ccccc1)C(=O)c1cnc2c(c1)N(C)C(=O)CN2. The van der Waals surface area contributed by atoms with Crippen molar-refractivity contribution in [3.8, 4) is 0 Å². The molecule has 2 aromatic rings. The van der Waals surface area contributed by atoms with Crippen molar-refractivity contribution in [2.75, 3.05) is 37.4 Å². The minimum atomic E-state index is -0.104. The molecule has 1 aliphatic rings. The molecule has 0 saturated carbocycles. The highest BCUT2D eigenvalue weighted by atomic mass is 16.2. The number of rotatable bonds is 4. The van der Waals surface area contributed by atoms with Gasteiger partial charge in [-0.3, -0.25) is 9.59 Å². The number of carbonyl (C=O) groups is 2. The number of fused-ring (bicyclic) bond motifs is 1. The Labute approximate surface area is 141 Å². The molecule has 0 radical (unpaired) electrons. The van der Waals surface area contributed by atoms with Crippen LogP contribution in [0.1, 0.15) is 15.9 Å². The molecule has 0 spiro atoms. The molecular formula is C18H20N4O2. The fraction of sp³-hybridized carbons (Fsp3) is 0.278. The Morgan fingerprint density at radius 2 is 2.08 bits per heavy atom. The zero-order chi connectivity index (χ0) is 17.1. The highest BCUT2D eigenvalue weighted by molar-refractivity contribution is 6.03. The maximum absolute atomic E-state index is 12.6. The summed E-state index contributed by atoms with van der Waals surface area (Å²) in [4.78, 5) is 31.8. The van der Waals surface area contributed by atoms with Crippen LogP contribution in [0.2, 0.25) is 0 Å². The lowest BCUT2D eigenvalue weighted by Crippen LogP contribution is -2.37. The number of hydrogen-bond donors (Lipinski definition) is 1. The Hall–Kier alpha value is -2.89. The second-order valence-corrected chi connectivity index (χ2v) is 5.86. The Kier molecular flexibility index (Phi) is 4.46. The van der Waals surface area contributed by atoms with Gasteiger partial charge in [-0.1, -0.05) is 30.3 Å². The van der Waals surface area contributed by atoms with E-state index in [0.717, 1.165) is 6.42 Å². The smallest absolute Gasteiger partial charge is 0.255 e. The van der Waals surface area contributed by atoms with Gasteiger partial charge in [-0.15, -0.1) is 0 Å². The zero-order valence-electron chi connectivity index (χ0n) is 13.8. The van der Waals surface area contributed by atoms with Crippen LogP contribution in [0.5, 0.6) is 0 Å². The average molecular weight is 324 g/mol. The molecule has 0 atom stereocenters. The molecule has 0 saturated heterocycles. The predicted octanol–water partition coefficient (Wildman–Crippen LogP) is 1.78. The first-order valence-corrected chi connectivity index (χ1v) is 7.86. The number of nitrogens with one attached hydrogen (secondary N) is 1. The summed E-state index contributed by atoms with van der Waals surface area (Å²) >= 11 is 0. The molecule has 0 unspecified atom stereocenters. The van der Waals surface area contributed by atoms with Gasteiger partial charge >= 0.3 is 0 Å². The summed E-state index contributed by atoms with van der Waals surface area (Å²) in [6.45, 7) is 0.841. The Morgan fingerprint density at radius 1 is 1.33 bits per heavy atom. The molecule has 1 aliphatic heterocycles. The van der Waals surface area contributed by atoms with E-state index in [1.807, 2.05) is 30.3 Å². The number of benzene rings is 1. The summed E-state index contributed by atoms with van der Waals surface area (Å²) in [7, 11) is 3.47. The Morgan fingerprint density at radius 3 is 2.83 bits per heavy atom. The van der Waals surface area contributed by atoms with Crippen molar-refractivity contribution in [1.82, 2.24) is 9.88 Å². The van der Waals surface area contributed by atoms with Crippen LogP contribution in [-0.2, 0) is 11.2 Å². The number of anilines is 2. The van der Waals surface area contributed by atoms with Crippen LogP contribution in [0.15, 0.2) is 42.6 Å². The van der Waals surface area contributed by atoms with Gasteiger partial charge in [0.2, 0.25) is 5.91 Å². The van der Waals surface area contributed by atoms with E-state index in [0.29, 0.717) is 23.6 Å². The first-order chi connectivity index (χ1) is 11.6. The second-order valence-electron chi connectivity index (χ2n) is 5.86. The fourth-order valence-corrected chi connectivity index (χ4v) is 2.64. The molecule has 1 aromatic heterocycles. The molecule has 0 fully saturated rings. The third-order valence-corrected chi connectivity index (χ3v) is 4.18. The molecule has 124 valence electrons. The van der Waals surface area contributed by atoms with E-state index in [4.69, 9.17) is 0 Å². The number of likely N-dealkylation sites (N-methyl/N-ethyl adjacent to an activating group) is 2. The van der Waals surface area contributed by atoms with Crippen LogP contribution in [0, 0.1) is 0 Å². The van der Waals surface area contributed by atoms with Crippen LogP contribution < -0.4 is 10.2 Å². The lowest BCUT2D eigenvalue weighted by atomic mass is 10.1. The van der Waals surface area contributed by atoms with Crippen LogP contribution in [0.4, 0.5) is 11.5 Å². The van der Waals surface area contributed by atoms with Crippen molar-refractivity contribution >= 4 is 23.3 Å². The van der Waals surface area contributed by atoms with E-state index >= 15 is 0 Å². The summed E-state index contributed by atoms with van der Waals surface area (Å²) in [6, 6.07) is 11.8. The van der Waals surface area contributed by atoms with Gasteiger partial charge in [0.15, 0.2) is 0 Å². The minimum absolute atomic E-state index is 0.0497. The highest BCUT2D eigenvalue weighted by Crippen LogP contribution is 2.27. The number of nitrogens with zero attached hydrogens (tertiary/aromatic N) is 3. The Balaban J connectivity index is 1.71. The Bertz CT molecular complexity index is 761. The number of aromatic nitrogens is 1. The average Bonchev–Trinajstić information content (AvgIpc) is 2.63. The predicted molar refractivity (Wildman–Crippen MR) is 93.2 cm³/mol. The zero-order valence-corrected chi connectivity index (χ0v) is 13.8. The van der Waals surface area contributed by atoms with Gasteiger partial charge in [0.25, 0.3) is 5.91 Å². The summed E-state index contributed by atoms with van der Waals surface area (Å²) < 4.78 is 0. The third-order valence-electron chi connectivity index (χ3n) is 4.18. The van der Waals surface area contributed by atoms with Crippen molar-refractivity contribution in [1.29, 1.82) is 0 Å². The van der Waals surface area contributed by atoms with E-state index in [9.17, 15) is 9.59 Å². The number of amides is 2. The van der Waals surface area contributed by atoms with Gasteiger partial charge in [0, 0.05) is 26.8 Å². The lowest BCUT2D eigenvalue weighted by molar-refractivity contribution is -0.116. The van der Waals surface area contributed by atoms with Crippen LogP contribution in [0.3, 0.4) is 0 Å². The van der Waals surface area contributed by atoms with Crippen molar-refractivity contribution in [3.05, 3.63) is 53.7 Å². The molecule has 1 N–H and O–H groups in total. The van der Waals surface area contributed by atoms with Crippen LogP contribution >= 0.6 is 0 Å². The van der Waals surface area contributed by atoms with Gasteiger partial charge < -0.3 is 15.1 Å². The van der Waals surface area contributed by atoms with Crippen molar-refractivity contribution in [3.63, 3.8) is 0 Å². The topological polar surface area (TPSA) is 65.5 Å². The first kappa shape index (κ1) is 16.0. The normalized spacial score (nSPS) is 13.2. The molecule has 2 heterocycles. The molecule has 3 rings (SSSR count). The lowest BCUT2D eigenvalue weighted by Gasteiger charge is -2.26. The first-order valence-electron chi connectivity index (χ1n) is 7.86. The number of carbonyl (C=O) groups excluding carboxylic acids is 2. The maximum Gasteiger partial charge on any atom is 0.255 e. The van der Waals surface area contributed by atoms with Crippen LogP contribution in [-0.4, -0.2) is 48.9 Å². The molecule has 6 nitrogen and oxygen atoms in total. The number of pyridine rings is 1. The third kappa shape index (κ3) is 3.22. The van der Waals surface area contributed by atoms with E-state index < -0.39 is 0 Å². The highest BCUT2D eigenvalue weighted by Gasteiger charge is 2.23. The summed E-state index contributed by atoms with van der Waals surface area (Å²) in [6.07, 6.45) is 2.35. The molecule has 6 heteroatoms. The van der Waals surface area contributed by atoms with Gasteiger partial charge in [-0.25, -0.2) is 4.98 Å². The molecular weight excluding hydrogens is 304 g/mol. The number of hydrogen-bond acceptors (Lipinski definition) is 4. The van der Waals surface area contributed by atoms with Gasteiger partial charge in [-0.2, -0.15) is 0 Å². The monoisotopic (exact) mass is 324 g/mol. The largest absolute Gasteiger partial charge is 0.359 e. The summed E-state index contributed by atoms with van der Waals surface area (Å²) in [5.41, 5.74) is 2.30. The van der Waals surface area contributed by atoms with Gasteiger partial charge in [0.1, 0.15) is 5.82 Å². The second kappa shape index (κ2) is 6.70. The summed E-state index contributed by atoms with van der Waals surface area (Å²) in [5, 5.41) is 2.96. The van der Waals surface area contributed by atoms with Gasteiger partial charge in [0.05, 0.1) is 17.8 Å². The van der Waals surface area contributed by atoms with E-state index in [1.54, 1.807) is 31.3 Å². The quantitative estimate of drug-likeness (QED) is 0.931. The van der Waals surface area contributed by atoms with E-state index in [2.05, 4.69) is 10.3 Å². The van der Waals surface area contributed by atoms with E-state index in [-0.39, 0.29) is 18.4 Å². The standard InChI is InChI=1S/C18H20N4O2/c1-21(9-8-13-6-4-3-5-7-13)18(24)14-10-15-17(19-11-14)20-12-16(23)22(15)2/h3-7,10-11H,8-9,12H2,1-2H3,(H,19,20). The molecule has 2 amide bonds. The van der Waals surface area contributed by atoms with Gasteiger partial charge in [-0.05, 0) is 18.1 Å². The molecule has 24 heavy (non-hydrogen) atoms. The van der Waals surface area contributed by atoms with Crippen molar-refractivity contribution in [2.45, 2.75) is 6.42 Å². The fourth-order valence-electron chi connectivity index (χ4n) is 2.64. The van der Waals surface area contributed by atoms with E-state index in [1.165, 1.54) is 10.5 Å². The minimum Gasteiger partial charge on any atom is -0.359 e. The maximum atomic E-state index is 12.6. The summed E-state index contributed by atoms with van der Waals surface area (Å²) in [5.74, 6) is 0.472. The van der Waals surface area contributed by atoms with Crippen molar-refractivity contribution in [2.24, 2.45) is 0 Å². The van der Waals surface area contributed by atoms with Crippen LogP contribution in [0.25, 0.3) is 0 Å².